The smallest absolute Gasteiger partial charge is 0.183 e. The standard InChI is InChI=1S/C12H18N2O2/c1-12(5-6-12)14-8-9-11(16-3)10(15-2)4-7-13-9/h4,7,14H,5-6,8H2,1-3H3. The molecule has 1 aromatic rings. The van der Waals surface area contributed by atoms with Crippen molar-refractivity contribution < 1.29 is 9.47 Å². The zero-order chi connectivity index (χ0) is 11.6. The van der Waals surface area contributed by atoms with E-state index in [9.17, 15) is 0 Å². The first-order valence-electron chi connectivity index (χ1n) is 5.49. The predicted molar refractivity (Wildman–Crippen MR) is 61.8 cm³/mol. The van der Waals surface area contributed by atoms with E-state index in [0.717, 1.165) is 23.7 Å². The van der Waals surface area contributed by atoms with E-state index in [2.05, 4.69) is 17.2 Å². The molecule has 1 saturated carbocycles. The Morgan fingerprint density at radius 1 is 1.38 bits per heavy atom. The minimum atomic E-state index is 0.301. The zero-order valence-electron chi connectivity index (χ0n) is 10.0. The molecule has 1 aromatic heterocycles. The van der Waals surface area contributed by atoms with Gasteiger partial charge in [-0.15, -0.1) is 0 Å². The summed E-state index contributed by atoms with van der Waals surface area (Å²) in [5, 5.41) is 3.48. The van der Waals surface area contributed by atoms with E-state index in [4.69, 9.17) is 9.47 Å². The van der Waals surface area contributed by atoms with Crippen LogP contribution < -0.4 is 14.8 Å². The van der Waals surface area contributed by atoms with Crippen LogP contribution in [0.5, 0.6) is 11.5 Å². The Bertz CT molecular complexity index is 375. The molecule has 1 heterocycles. The monoisotopic (exact) mass is 222 g/mol. The van der Waals surface area contributed by atoms with E-state index in [0.29, 0.717) is 5.54 Å². The third kappa shape index (κ3) is 2.27. The first kappa shape index (κ1) is 11.2. The van der Waals surface area contributed by atoms with E-state index < -0.39 is 0 Å². The number of methoxy groups -OCH3 is 2. The number of nitrogens with zero attached hydrogens (tertiary/aromatic N) is 1. The fourth-order valence-electron chi connectivity index (χ4n) is 1.64. The second kappa shape index (κ2) is 4.29. The van der Waals surface area contributed by atoms with Gasteiger partial charge >= 0.3 is 0 Å². The first-order valence-corrected chi connectivity index (χ1v) is 5.49. The van der Waals surface area contributed by atoms with Crippen molar-refractivity contribution >= 4 is 0 Å². The number of hydrogen-bond donors (Lipinski definition) is 1. The molecule has 16 heavy (non-hydrogen) atoms. The van der Waals surface area contributed by atoms with Crippen LogP contribution in [0.15, 0.2) is 12.3 Å². The summed E-state index contributed by atoms with van der Waals surface area (Å²) in [5.74, 6) is 1.46. The highest BCUT2D eigenvalue weighted by molar-refractivity contribution is 5.42. The third-order valence-electron chi connectivity index (χ3n) is 3.05. The highest BCUT2D eigenvalue weighted by Gasteiger charge is 2.36. The van der Waals surface area contributed by atoms with Crippen LogP contribution in [0, 0.1) is 0 Å². The molecule has 1 aliphatic rings. The molecule has 0 amide bonds. The van der Waals surface area contributed by atoms with E-state index in [1.807, 2.05) is 0 Å². The maximum absolute atomic E-state index is 5.33. The van der Waals surface area contributed by atoms with Gasteiger partial charge in [0.2, 0.25) is 0 Å². The SMILES string of the molecule is COc1ccnc(CNC2(C)CC2)c1OC. The number of hydrogen-bond acceptors (Lipinski definition) is 4. The van der Waals surface area contributed by atoms with Gasteiger partial charge in [-0.1, -0.05) is 0 Å². The molecule has 0 atom stereocenters. The van der Waals surface area contributed by atoms with Crippen LogP contribution in [0.25, 0.3) is 0 Å². The van der Waals surface area contributed by atoms with Crippen molar-refractivity contribution in [2.75, 3.05) is 14.2 Å². The van der Waals surface area contributed by atoms with E-state index in [1.165, 1.54) is 12.8 Å². The van der Waals surface area contributed by atoms with Crippen LogP contribution in [0.4, 0.5) is 0 Å². The summed E-state index contributed by atoms with van der Waals surface area (Å²) in [6.45, 7) is 2.94. The topological polar surface area (TPSA) is 43.4 Å². The van der Waals surface area contributed by atoms with Gasteiger partial charge in [-0.3, -0.25) is 4.98 Å². The number of aromatic nitrogens is 1. The van der Waals surface area contributed by atoms with Crippen molar-refractivity contribution in [1.29, 1.82) is 0 Å². The number of nitrogens with one attached hydrogen (secondary N) is 1. The Morgan fingerprint density at radius 2 is 2.12 bits per heavy atom. The Balaban J connectivity index is 2.12. The molecule has 4 nitrogen and oxygen atoms in total. The van der Waals surface area contributed by atoms with Crippen LogP contribution in [0.2, 0.25) is 0 Å². The van der Waals surface area contributed by atoms with Crippen LogP contribution in [0.3, 0.4) is 0 Å². The minimum Gasteiger partial charge on any atom is -0.493 e. The summed E-state index contributed by atoms with van der Waals surface area (Å²) < 4.78 is 10.6. The predicted octanol–water partition coefficient (Wildman–Crippen LogP) is 1.74. The largest absolute Gasteiger partial charge is 0.493 e. The molecule has 4 heteroatoms. The summed E-state index contributed by atoms with van der Waals surface area (Å²) in [7, 11) is 3.28. The maximum Gasteiger partial charge on any atom is 0.183 e. The first-order chi connectivity index (χ1) is 7.68. The van der Waals surface area contributed by atoms with Gasteiger partial charge in [-0.2, -0.15) is 0 Å². The van der Waals surface area contributed by atoms with E-state index in [1.54, 1.807) is 26.5 Å². The van der Waals surface area contributed by atoms with Crippen LogP contribution >= 0.6 is 0 Å². The molecular weight excluding hydrogens is 204 g/mol. The highest BCUT2D eigenvalue weighted by atomic mass is 16.5. The lowest BCUT2D eigenvalue weighted by molar-refractivity contribution is 0.347. The van der Waals surface area contributed by atoms with Gasteiger partial charge in [0.1, 0.15) is 0 Å². The third-order valence-corrected chi connectivity index (χ3v) is 3.05. The van der Waals surface area contributed by atoms with Gasteiger partial charge < -0.3 is 14.8 Å². The quantitative estimate of drug-likeness (QED) is 0.824. The molecular formula is C12H18N2O2. The molecule has 88 valence electrons. The van der Waals surface area contributed by atoms with Crippen molar-refractivity contribution in [2.45, 2.75) is 31.8 Å². The Labute approximate surface area is 96.0 Å². The Kier molecular flexibility index (Phi) is 3.01. The number of ether oxygens (including phenoxy) is 2. The summed E-state index contributed by atoms with van der Waals surface area (Å²) in [6, 6.07) is 1.81. The van der Waals surface area contributed by atoms with Gasteiger partial charge in [-0.05, 0) is 19.8 Å². The molecule has 1 aliphatic carbocycles. The summed E-state index contributed by atoms with van der Waals surface area (Å²) in [4.78, 5) is 4.32. The molecule has 0 radical (unpaired) electrons. The van der Waals surface area contributed by atoms with Crippen molar-refractivity contribution in [3.05, 3.63) is 18.0 Å². The lowest BCUT2D eigenvalue weighted by atomic mass is 10.2. The molecule has 0 aliphatic heterocycles. The minimum absolute atomic E-state index is 0.301. The molecule has 2 rings (SSSR count). The zero-order valence-corrected chi connectivity index (χ0v) is 10.0. The Hall–Kier alpha value is -1.29. The van der Waals surface area contributed by atoms with Gasteiger partial charge in [0.25, 0.3) is 0 Å². The van der Waals surface area contributed by atoms with Crippen LogP contribution in [-0.4, -0.2) is 24.7 Å². The molecule has 0 spiro atoms. The lowest BCUT2D eigenvalue weighted by Gasteiger charge is -2.14. The summed E-state index contributed by atoms with van der Waals surface area (Å²) in [6.07, 6.45) is 4.21. The lowest BCUT2D eigenvalue weighted by Crippen LogP contribution is -2.27. The average Bonchev–Trinajstić information content (AvgIpc) is 3.04. The molecule has 0 aromatic carbocycles. The van der Waals surface area contributed by atoms with Crippen LogP contribution in [-0.2, 0) is 6.54 Å². The van der Waals surface area contributed by atoms with Crippen molar-refractivity contribution in [1.82, 2.24) is 10.3 Å². The summed E-state index contributed by atoms with van der Waals surface area (Å²) >= 11 is 0. The average molecular weight is 222 g/mol. The van der Waals surface area contributed by atoms with Gasteiger partial charge in [0, 0.05) is 24.3 Å². The number of pyridine rings is 1. The van der Waals surface area contributed by atoms with Gasteiger partial charge in [0.15, 0.2) is 11.5 Å². The van der Waals surface area contributed by atoms with Gasteiger partial charge in [-0.25, -0.2) is 0 Å². The van der Waals surface area contributed by atoms with Crippen molar-refractivity contribution in [3.63, 3.8) is 0 Å². The molecule has 0 unspecified atom stereocenters. The fourth-order valence-corrected chi connectivity index (χ4v) is 1.64. The normalized spacial score (nSPS) is 16.9. The Morgan fingerprint density at radius 3 is 2.69 bits per heavy atom. The van der Waals surface area contributed by atoms with Crippen molar-refractivity contribution in [3.8, 4) is 11.5 Å². The van der Waals surface area contributed by atoms with Crippen LogP contribution in [0.1, 0.15) is 25.5 Å². The second-order valence-corrected chi connectivity index (χ2v) is 4.41. The molecule has 0 bridgehead atoms. The molecule has 1 N–H and O–H groups in total. The fraction of sp³-hybridized carbons (Fsp3) is 0.583. The highest BCUT2D eigenvalue weighted by Crippen LogP contribution is 2.35. The number of rotatable bonds is 5. The maximum atomic E-state index is 5.33. The summed E-state index contributed by atoms with van der Waals surface area (Å²) in [5.41, 5.74) is 1.20. The van der Waals surface area contributed by atoms with E-state index in [-0.39, 0.29) is 0 Å². The second-order valence-electron chi connectivity index (χ2n) is 4.41. The van der Waals surface area contributed by atoms with Crippen molar-refractivity contribution in [2.24, 2.45) is 0 Å². The molecule has 0 saturated heterocycles. The van der Waals surface area contributed by atoms with Gasteiger partial charge in [0.05, 0.1) is 19.9 Å². The van der Waals surface area contributed by atoms with E-state index >= 15 is 0 Å². The molecule has 1 fully saturated rings.